The van der Waals surface area contributed by atoms with Gasteiger partial charge in [-0.3, -0.25) is 4.79 Å². The molecule has 52 heavy (non-hydrogen) atoms. The molecule has 0 bridgehead atoms. The third kappa shape index (κ3) is 9.98. The van der Waals surface area contributed by atoms with Gasteiger partial charge in [-0.15, -0.1) is 0 Å². The molecular weight excluding hydrogens is 670 g/mol. The van der Waals surface area contributed by atoms with Crippen LogP contribution in [0.15, 0.2) is 60.7 Å². The molecule has 0 saturated heterocycles. The van der Waals surface area contributed by atoms with E-state index in [-0.39, 0.29) is 56.0 Å². The Kier molecular flexibility index (Phi) is 13.0. The number of hydrogen-bond donors (Lipinski definition) is 4. The van der Waals surface area contributed by atoms with Crippen LogP contribution >= 0.6 is 0 Å². The Bertz CT molecular complexity index is 1690. The highest BCUT2D eigenvalue weighted by atomic mass is 16.7. The quantitative estimate of drug-likeness (QED) is 0.218. The van der Waals surface area contributed by atoms with Gasteiger partial charge in [0.2, 0.25) is 6.79 Å². The fourth-order valence-electron chi connectivity index (χ4n) is 5.98. The predicted molar refractivity (Wildman–Crippen MR) is 197 cm³/mol. The molecule has 0 spiro atoms. The molecule has 2 aliphatic heterocycles. The number of anilines is 3. The first kappa shape index (κ1) is 38.0. The third-order valence-electron chi connectivity index (χ3n) is 9.08. The van der Waals surface area contributed by atoms with Crippen molar-refractivity contribution in [2.75, 3.05) is 63.2 Å². The summed E-state index contributed by atoms with van der Waals surface area (Å²) in [6.45, 7) is 6.47. The average Bonchev–Trinajstić information content (AvgIpc) is 3.61. The Labute approximate surface area is 304 Å². The first-order valence-electron chi connectivity index (χ1n) is 17.5. The Balaban J connectivity index is 1.34. The summed E-state index contributed by atoms with van der Waals surface area (Å²) in [6, 6.07) is 15.7. The van der Waals surface area contributed by atoms with E-state index in [4.69, 9.17) is 23.7 Å². The van der Waals surface area contributed by atoms with Crippen LogP contribution in [0.5, 0.6) is 23.0 Å². The van der Waals surface area contributed by atoms with Crippen LogP contribution in [0.3, 0.4) is 0 Å². The Morgan fingerprint density at radius 1 is 0.942 bits per heavy atom. The lowest BCUT2D eigenvalue weighted by atomic mass is 10.0. The topological polar surface area (TPSA) is 160 Å². The highest BCUT2D eigenvalue weighted by molar-refractivity contribution is 6.02. The lowest BCUT2D eigenvalue weighted by Crippen LogP contribution is -2.48. The Morgan fingerprint density at radius 3 is 2.33 bits per heavy atom. The maximum Gasteiger partial charge on any atom is 0.323 e. The number of nitrogens with zero attached hydrogens (tertiary/aromatic N) is 2. The maximum absolute atomic E-state index is 14.4. The number of aliphatic hydroxyl groups excluding tert-OH is 1. The van der Waals surface area contributed by atoms with Crippen molar-refractivity contribution in [3.8, 4) is 23.0 Å². The Morgan fingerprint density at radius 2 is 1.62 bits per heavy atom. The van der Waals surface area contributed by atoms with E-state index in [9.17, 15) is 19.5 Å². The van der Waals surface area contributed by atoms with Crippen molar-refractivity contribution in [3.63, 3.8) is 0 Å². The van der Waals surface area contributed by atoms with E-state index in [1.165, 1.54) is 0 Å². The van der Waals surface area contributed by atoms with Crippen LogP contribution in [0.1, 0.15) is 50.4 Å². The molecule has 14 nitrogen and oxygen atoms in total. The van der Waals surface area contributed by atoms with Gasteiger partial charge < -0.3 is 54.5 Å². The van der Waals surface area contributed by atoms with Crippen molar-refractivity contribution >= 4 is 35.0 Å². The summed E-state index contributed by atoms with van der Waals surface area (Å²) in [6.07, 6.45) is 1.69. The maximum atomic E-state index is 14.4. The summed E-state index contributed by atoms with van der Waals surface area (Å²) in [5, 5.41) is 18.8. The zero-order valence-corrected chi connectivity index (χ0v) is 30.3. The second-order valence-electron chi connectivity index (χ2n) is 13.2. The second kappa shape index (κ2) is 17.8. The number of fused-ring (bicyclic) bond motifs is 2. The summed E-state index contributed by atoms with van der Waals surface area (Å²) >= 11 is 0. The number of nitrogens with one attached hydrogen (secondary N) is 3. The lowest BCUT2D eigenvalue weighted by molar-refractivity contribution is -0.0115. The first-order valence-corrected chi connectivity index (χ1v) is 17.5. The average molecular weight is 720 g/mol. The van der Waals surface area contributed by atoms with Crippen molar-refractivity contribution in [1.82, 2.24) is 9.80 Å². The van der Waals surface area contributed by atoms with Gasteiger partial charge in [0.25, 0.3) is 5.91 Å². The fraction of sp³-hybridized carbons (Fsp3) is 0.447. The normalized spacial score (nSPS) is 19.7. The largest absolute Gasteiger partial charge is 0.497 e. The fourth-order valence-corrected chi connectivity index (χ4v) is 5.98. The molecule has 0 aromatic heterocycles. The van der Waals surface area contributed by atoms with Crippen LogP contribution in [0.2, 0.25) is 0 Å². The smallest absolute Gasteiger partial charge is 0.323 e. The van der Waals surface area contributed by atoms with E-state index < -0.39 is 18.2 Å². The van der Waals surface area contributed by atoms with Crippen molar-refractivity contribution in [2.24, 2.45) is 5.92 Å². The van der Waals surface area contributed by atoms with E-state index in [1.54, 1.807) is 91.5 Å². The van der Waals surface area contributed by atoms with Gasteiger partial charge in [0.05, 0.1) is 37.5 Å². The zero-order chi connectivity index (χ0) is 37.2. The van der Waals surface area contributed by atoms with Gasteiger partial charge in [0.15, 0.2) is 11.5 Å². The number of hydrogen-bond acceptors (Lipinski definition) is 9. The van der Waals surface area contributed by atoms with Gasteiger partial charge in [-0.05, 0) is 87.7 Å². The van der Waals surface area contributed by atoms with Crippen LogP contribution in [-0.4, -0.2) is 98.4 Å². The Hall–Kier alpha value is -5.21. The highest BCUT2D eigenvalue weighted by Gasteiger charge is 2.31. The lowest BCUT2D eigenvalue weighted by Gasteiger charge is -2.35. The molecule has 0 radical (unpaired) electrons. The summed E-state index contributed by atoms with van der Waals surface area (Å²) in [4.78, 5) is 43.8. The molecule has 2 heterocycles. The van der Waals surface area contributed by atoms with Crippen LogP contribution in [0, 0.1) is 5.92 Å². The van der Waals surface area contributed by atoms with E-state index in [0.717, 1.165) is 19.3 Å². The number of aliphatic hydroxyl groups is 1. The van der Waals surface area contributed by atoms with Gasteiger partial charge in [-0.1, -0.05) is 6.92 Å². The molecular formula is C38H49N5O9. The third-order valence-corrected chi connectivity index (χ3v) is 9.08. The van der Waals surface area contributed by atoms with Crippen molar-refractivity contribution < 1.29 is 43.2 Å². The number of urea groups is 2. The van der Waals surface area contributed by atoms with Crippen molar-refractivity contribution in [1.29, 1.82) is 0 Å². The molecule has 4 atom stereocenters. The monoisotopic (exact) mass is 719 g/mol. The SMILES string of the molecule is COc1ccc(NC(=O)N(C)C[C@@H]2OCCCC[C@@H](C)Oc3ccc(NC(=O)Nc4ccc5c(c4)OCO5)cc3C(=O)N([C@H](C)CO)C[C@H]2C)cc1. The minimum Gasteiger partial charge on any atom is -0.497 e. The van der Waals surface area contributed by atoms with Crippen LogP contribution < -0.4 is 34.9 Å². The van der Waals surface area contributed by atoms with Gasteiger partial charge in [-0.2, -0.15) is 0 Å². The second-order valence-corrected chi connectivity index (χ2v) is 13.2. The number of benzene rings is 3. The molecule has 4 N–H and O–H groups in total. The summed E-state index contributed by atoms with van der Waals surface area (Å²) in [5.41, 5.74) is 1.75. The minimum atomic E-state index is -0.559. The number of methoxy groups -OCH3 is 1. The molecule has 5 amide bonds. The number of amides is 5. The van der Waals surface area contributed by atoms with Crippen LogP contribution in [0.4, 0.5) is 26.7 Å². The molecule has 0 unspecified atom stereocenters. The molecule has 280 valence electrons. The van der Waals surface area contributed by atoms with Gasteiger partial charge >= 0.3 is 12.1 Å². The predicted octanol–water partition coefficient (Wildman–Crippen LogP) is 6.03. The highest BCUT2D eigenvalue weighted by Crippen LogP contribution is 2.34. The van der Waals surface area contributed by atoms with Gasteiger partial charge in [-0.25, -0.2) is 9.59 Å². The number of carbonyl (C=O) groups is 3. The van der Waals surface area contributed by atoms with E-state index in [1.807, 2.05) is 13.8 Å². The minimum absolute atomic E-state index is 0.118. The molecule has 3 aromatic carbocycles. The molecule has 5 rings (SSSR count). The van der Waals surface area contributed by atoms with E-state index in [2.05, 4.69) is 16.0 Å². The molecule has 14 heteroatoms. The van der Waals surface area contributed by atoms with Crippen molar-refractivity contribution in [2.45, 2.75) is 58.3 Å². The van der Waals surface area contributed by atoms with Gasteiger partial charge in [0, 0.05) is 55.8 Å². The van der Waals surface area contributed by atoms with Gasteiger partial charge in [0.1, 0.15) is 11.5 Å². The molecule has 2 aliphatic rings. The zero-order valence-electron chi connectivity index (χ0n) is 30.3. The number of rotatable bonds is 8. The van der Waals surface area contributed by atoms with E-state index in [0.29, 0.717) is 46.7 Å². The molecule has 0 aliphatic carbocycles. The summed E-state index contributed by atoms with van der Waals surface area (Å²) < 4.78 is 28.6. The van der Waals surface area contributed by atoms with Crippen molar-refractivity contribution in [3.05, 3.63) is 66.2 Å². The number of ether oxygens (including phenoxy) is 5. The first-order chi connectivity index (χ1) is 25.0. The van der Waals surface area contributed by atoms with Crippen LogP contribution in [0.25, 0.3) is 0 Å². The van der Waals surface area contributed by atoms with Crippen LogP contribution in [-0.2, 0) is 4.74 Å². The molecule has 0 fully saturated rings. The summed E-state index contributed by atoms with van der Waals surface area (Å²) in [5.74, 6) is 1.57. The van der Waals surface area contributed by atoms with E-state index >= 15 is 0 Å². The molecule has 3 aromatic rings. The molecule has 0 saturated carbocycles. The standard InChI is InChI=1S/C38H49N5O9/c1-24-20-43(25(2)22-44)36(45)31-18-28(39-37(46)40-29-12-16-33-34(19-29)51-23-50-33)11-15-32(31)52-26(3)8-6-7-17-49-35(24)21-42(4)38(47)41-27-9-13-30(48-5)14-10-27/h9-16,18-19,24-26,35,44H,6-8,17,20-23H2,1-5H3,(H,41,47)(H2,39,40,46)/t24-,25-,26-,35+/m1/s1. The number of carbonyl (C=O) groups excluding carboxylic acids is 3. The number of likely N-dealkylation sites (N-methyl/N-ethyl adjacent to an activating group) is 1. The summed E-state index contributed by atoms with van der Waals surface area (Å²) in [7, 11) is 3.28.